The monoisotopic (exact) mass is 249 g/mol. The van der Waals surface area contributed by atoms with Gasteiger partial charge in [0.05, 0.1) is 12.2 Å². The summed E-state index contributed by atoms with van der Waals surface area (Å²) in [7, 11) is 0. The van der Waals surface area contributed by atoms with Gasteiger partial charge in [-0.3, -0.25) is 4.90 Å². The lowest BCUT2D eigenvalue weighted by molar-refractivity contribution is 0.114. The van der Waals surface area contributed by atoms with Gasteiger partial charge in [0.15, 0.2) is 0 Å². The number of aromatic nitrogens is 1. The summed E-state index contributed by atoms with van der Waals surface area (Å²) >= 11 is 0. The van der Waals surface area contributed by atoms with Gasteiger partial charge in [0.25, 0.3) is 0 Å². The Labute approximate surface area is 109 Å². The van der Waals surface area contributed by atoms with Crippen LogP contribution in [0.1, 0.15) is 37.1 Å². The van der Waals surface area contributed by atoms with Crippen molar-refractivity contribution < 1.29 is 4.42 Å². The van der Waals surface area contributed by atoms with Gasteiger partial charge in [-0.25, -0.2) is 4.98 Å². The quantitative estimate of drug-likeness (QED) is 0.888. The van der Waals surface area contributed by atoms with E-state index in [1.165, 1.54) is 12.8 Å². The molecule has 1 aliphatic heterocycles. The summed E-state index contributed by atoms with van der Waals surface area (Å²) in [4.78, 5) is 7.00. The summed E-state index contributed by atoms with van der Waals surface area (Å²) in [5.41, 5.74) is 1.02. The maximum absolute atomic E-state index is 5.70. The Kier molecular flexibility index (Phi) is 3.16. The van der Waals surface area contributed by atoms with Crippen molar-refractivity contribution in [3.63, 3.8) is 0 Å². The van der Waals surface area contributed by atoms with E-state index in [0.717, 1.165) is 42.9 Å². The highest BCUT2D eigenvalue weighted by atomic mass is 16.4. The highest BCUT2D eigenvalue weighted by Gasteiger charge is 2.36. The Morgan fingerprint density at radius 3 is 2.78 bits per heavy atom. The molecule has 1 saturated carbocycles. The van der Waals surface area contributed by atoms with Gasteiger partial charge in [-0.2, -0.15) is 0 Å². The molecule has 2 fully saturated rings. The lowest BCUT2D eigenvalue weighted by Crippen LogP contribution is -2.55. The second-order valence-corrected chi connectivity index (χ2v) is 5.88. The van der Waals surface area contributed by atoms with Crippen molar-refractivity contribution in [3.8, 4) is 0 Å². The molecule has 2 unspecified atom stereocenters. The fourth-order valence-corrected chi connectivity index (χ4v) is 2.76. The smallest absolute Gasteiger partial charge is 0.208 e. The number of aryl methyl sites for hydroxylation is 2. The summed E-state index contributed by atoms with van der Waals surface area (Å²) in [5, 5.41) is 3.67. The van der Waals surface area contributed by atoms with Crippen molar-refractivity contribution in [1.82, 2.24) is 15.2 Å². The Bertz CT molecular complexity index is 405. The van der Waals surface area contributed by atoms with E-state index < -0.39 is 0 Å². The summed E-state index contributed by atoms with van der Waals surface area (Å²) in [5.74, 6) is 2.73. The third kappa shape index (κ3) is 2.45. The molecule has 2 aliphatic rings. The van der Waals surface area contributed by atoms with Gasteiger partial charge in [0.1, 0.15) is 5.76 Å². The van der Waals surface area contributed by atoms with E-state index in [0.29, 0.717) is 12.1 Å². The molecule has 2 atom stereocenters. The minimum absolute atomic E-state index is 0.563. The molecule has 0 spiro atoms. The second kappa shape index (κ2) is 4.67. The minimum Gasteiger partial charge on any atom is -0.444 e. The number of nitrogens with one attached hydrogen (secondary N) is 1. The molecular formula is C14H23N3O. The molecule has 0 radical (unpaired) electrons. The molecular weight excluding hydrogens is 226 g/mol. The predicted molar refractivity (Wildman–Crippen MR) is 70.4 cm³/mol. The molecule has 100 valence electrons. The van der Waals surface area contributed by atoms with E-state index in [2.05, 4.69) is 22.1 Å². The van der Waals surface area contributed by atoms with E-state index in [1.54, 1.807) is 0 Å². The van der Waals surface area contributed by atoms with Crippen molar-refractivity contribution in [2.75, 3.05) is 13.1 Å². The van der Waals surface area contributed by atoms with Crippen LogP contribution in [0.2, 0.25) is 0 Å². The van der Waals surface area contributed by atoms with E-state index >= 15 is 0 Å². The highest BCUT2D eigenvalue weighted by molar-refractivity contribution is 5.05. The Hall–Kier alpha value is -0.870. The molecule has 2 heterocycles. The van der Waals surface area contributed by atoms with Gasteiger partial charge < -0.3 is 9.73 Å². The van der Waals surface area contributed by atoms with Crippen LogP contribution in [-0.2, 0) is 6.54 Å². The Morgan fingerprint density at radius 1 is 1.39 bits per heavy atom. The lowest BCUT2D eigenvalue weighted by atomic mass is 10.1. The third-order valence-electron chi connectivity index (χ3n) is 4.33. The molecule has 1 aromatic heterocycles. The zero-order chi connectivity index (χ0) is 12.7. The molecule has 1 N–H and O–H groups in total. The maximum atomic E-state index is 5.70. The molecule has 4 nitrogen and oxygen atoms in total. The van der Waals surface area contributed by atoms with Crippen LogP contribution in [-0.4, -0.2) is 35.1 Å². The summed E-state index contributed by atoms with van der Waals surface area (Å²) in [6, 6.07) is 1.24. The van der Waals surface area contributed by atoms with Gasteiger partial charge in [-0.05, 0) is 39.5 Å². The van der Waals surface area contributed by atoms with E-state index in [-0.39, 0.29) is 0 Å². The first kappa shape index (κ1) is 12.2. The number of nitrogens with zero attached hydrogens (tertiary/aromatic N) is 2. The van der Waals surface area contributed by atoms with E-state index in [1.807, 2.05) is 13.8 Å². The zero-order valence-electron chi connectivity index (χ0n) is 11.6. The first-order valence-electron chi connectivity index (χ1n) is 7.04. The summed E-state index contributed by atoms with van der Waals surface area (Å²) < 4.78 is 5.70. The SMILES string of the molecule is Cc1nc(CN2CC(C3CC3)NCC2C)oc1C. The van der Waals surface area contributed by atoms with Gasteiger partial charge in [-0.1, -0.05) is 0 Å². The average molecular weight is 249 g/mol. The van der Waals surface area contributed by atoms with Crippen molar-refractivity contribution in [2.45, 2.75) is 52.2 Å². The molecule has 4 heteroatoms. The van der Waals surface area contributed by atoms with E-state index in [9.17, 15) is 0 Å². The minimum atomic E-state index is 0.563. The van der Waals surface area contributed by atoms with Crippen molar-refractivity contribution >= 4 is 0 Å². The highest BCUT2D eigenvalue weighted by Crippen LogP contribution is 2.34. The molecule has 3 rings (SSSR count). The molecule has 1 aliphatic carbocycles. The number of hydrogen-bond acceptors (Lipinski definition) is 4. The van der Waals surface area contributed by atoms with Crippen molar-refractivity contribution in [3.05, 3.63) is 17.3 Å². The lowest BCUT2D eigenvalue weighted by Gasteiger charge is -2.38. The summed E-state index contributed by atoms with van der Waals surface area (Å²) in [6.07, 6.45) is 2.80. The molecule has 1 saturated heterocycles. The number of oxazole rings is 1. The Morgan fingerprint density at radius 2 is 2.17 bits per heavy atom. The van der Waals surface area contributed by atoms with Crippen LogP contribution in [0.3, 0.4) is 0 Å². The zero-order valence-corrected chi connectivity index (χ0v) is 11.6. The van der Waals surface area contributed by atoms with E-state index in [4.69, 9.17) is 4.42 Å². The van der Waals surface area contributed by atoms with Crippen molar-refractivity contribution in [1.29, 1.82) is 0 Å². The van der Waals surface area contributed by atoms with Gasteiger partial charge in [0, 0.05) is 25.2 Å². The van der Waals surface area contributed by atoms with Crippen molar-refractivity contribution in [2.24, 2.45) is 5.92 Å². The Balaban J connectivity index is 1.65. The fraction of sp³-hybridized carbons (Fsp3) is 0.786. The van der Waals surface area contributed by atoms with Crippen LogP contribution in [0.25, 0.3) is 0 Å². The van der Waals surface area contributed by atoms with Gasteiger partial charge >= 0.3 is 0 Å². The third-order valence-corrected chi connectivity index (χ3v) is 4.33. The van der Waals surface area contributed by atoms with Gasteiger partial charge in [0.2, 0.25) is 5.89 Å². The fourth-order valence-electron chi connectivity index (χ4n) is 2.76. The van der Waals surface area contributed by atoms with Crippen LogP contribution in [0.4, 0.5) is 0 Å². The topological polar surface area (TPSA) is 41.3 Å². The number of hydrogen-bond donors (Lipinski definition) is 1. The molecule has 1 aromatic rings. The van der Waals surface area contributed by atoms with Gasteiger partial charge in [-0.15, -0.1) is 0 Å². The predicted octanol–water partition coefficient (Wildman–Crippen LogP) is 1.86. The molecule has 0 aromatic carbocycles. The molecule has 0 bridgehead atoms. The van der Waals surface area contributed by atoms with Crippen LogP contribution < -0.4 is 5.32 Å². The standard InChI is InChI=1S/C14H23N3O/c1-9-6-15-13(12-4-5-12)7-17(9)8-14-16-10(2)11(3)18-14/h9,12-13,15H,4-8H2,1-3H3. The number of piperazine rings is 1. The van der Waals surface area contributed by atoms with Crippen LogP contribution in [0, 0.1) is 19.8 Å². The maximum Gasteiger partial charge on any atom is 0.208 e. The molecule has 0 amide bonds. The average Bonchev–Trinajstić information content (AvgIpc) is 3.11. The summed E-state index contributed by atoms with van der Waals surface area (Å²) in [6.45, 7) is 9.34. The largest absolute Gasteiger partial charge is 0.444 e. The number of rotatable bonds is 3. The first-order valence-corrected chi connectivity index (χ1v) is 7.04. The normalized spacial score (nSPS) is 29.7. The van der Waals surface area contributed by atoms with Crippen LogP contribution in [0.5, 0.6) is 0 Å². The van der Waals surface area contributed by atoms with Crippen LogP contribution in [0.15, 0.2) is 4.42 Å². The molecule has 18 heavy (non-hydrogen) atoms. The first-order chi connectivity index (χ1) is 8.63. The van der Waals surface area contributed by atoms with Crippen LogP contribution >= 0.6 is 0 Å². The second-order valence-electron chi connectivity index (χ2n) is 5.88.